The lowest BCUT2D eigenvalue weighted by Gasteiger charge is -2.14. The van der Waals surface area contributed by atoms with Crippen molar-refractivity contribution in [1.29, 1.82) is 0 Å². The number of rotatable bonds is 4. The molecule has 0 atom stereocenters. The minimum absolute atomic E-state index is 0.0800. The van der Waals surface area contributed by atoms with Crippen LogP contribution in [0.25, 0.3) is 0 Å². The van der Waals surface area contributed by atoms with Gasteiger partial charge >= 0.3 is 5.51 Å². The van der Waals surface area contributed by atoms with Crippen LogP contribution in [0.15, 0.2) is 34.8 Å². The maximum atomic E-state index is 13.1. The van der Waals surface area contributed by atoms with Gasteiger partial charge in [0.15, 0.2) is 0 Å². The summed E-state index contributed by atoms with van der Waals surface area (Å²) < 4.78 is 73.8. The summed E-state index contributed by atoms with van der Waals surface area (Å²) in [4.78, 5) is 3.33. The van der Waals surface area contributed by atoms with Crippen LogP contribution >= 0.6 is 11.3 Å². The SMILES string of the molecule is O=S(=O)(c1cc(F)ccc1NCc1cncs1)C(F)(F)F. The smallest absolute Gasteiger partial charge is 0.379 e. The average molecular weight is 340 g/mol. The zero-order valence-corrected chi connectivity index (χ0v) is 11.8. The van der Waals surface area contributed by atoms with E-state index >= 15 is 0 Å². The van der Waals surface area contributed by atoms with Gasteiger partial charge in [0.2, 0.25) is 0 Å². The number of thiazole rings is 1. The van der Waals surface area contributed by atoms with E-state index in [2.05, 4.69) is 10.3 Å². The van der Waals surface area contributed by atoms with Gasteiger partial charge in [-0.1, -0.05) is 0 Å². The van der Waals surface area contributed by atoms with Crippen LogP contribution in [-0.2, 0) is 16.4 Å². The summed E-state index contributed by atoms with van der Waals surface area (Å²) in [7, 11) is -5.64. The number of aromatic nitrogens is 1. The fourth-order valence-electron chi connectivity index (χ4n) is 1.50. The molecule has 0 saturated carbocycles. The Morgan fingerprint density at radius 2 is 2.00 bits per heavy atom. The van der Waals surface area contributed by atoms with E-state index in [1.807, 2.05) is 0 Å². The first-order valence-electron chi connectivity index (χ1n) is 5.44. The molecule has 1 aromatic heterocycles. The van der Waals surface area contributed by atoms with E-state index in [9.17, 15) is 26.0 Å². The molecule has 21 heavy (non-hydrogen) atoms. The van der Waals surface area contributed by atoms with E-state index in [1.165, 1.54) is 23.0 Å². The number of alkyl halides is 3. The second-order valence-electron chi connectivity index (χ2n) is 3.91. The summed E-state index contributed by atoms with van der Waals surface area (Å²) in [5.74, 6) is -1.07. The molecular weight excluding hydrogens is 332 g/mol. The van der Waals surface area contributed by atoms with E-state index in [0.717, 1.165) is 12.1 Å². The molecule has 0 bridgehead atoms. The molecule has 0 spiro atoms. The van der Waals surface area contributed by atoms with E-state index in [-0.39, 0.29) is 12.2 Å². The van der Waals surface area contributed by atoms with Gasteiger partial charge in [0.25, 0.3) is 9.84 Å². The lowest BCUT2D eigenvalue weighted by atomic mass is 10.3. The van der Waals surface area contributed by atoms with Crippen LogP contribution in [0.5, 0.6) is 0 Å². The van der Waals surface area contributed by atoms with E-state index < -0.39 is 26.1 Å². The monoisotopic (exact) mass is 340 g/mol. The Kier molecular flexibility index (Phi) is 4.19. The minimum atomic E-state index is -5.64. The molecule has 0 aliphatic rings. The highest BCUT2D eigenvalue weighted by atomic mass is 32.2. The second kappa shape index (κ2) is 5.60. The Balaban J connectivity index is 2.39. The molecule has 114 valence electrons. The van der Waals surface area contributed by atoms with Crippen molar-refractivity contribution in [3.63, 3.8) is 0 Å². The Morgan fingerprint density at radius 1 is 1.29 bits per heavy atom. The third-order valence-corrected chi connectivity index (χ3v) is 4.78. The third kappa shape index (κ3) is 3.32. The van der Waals surface area contributed by atoms with Crippen molar-refractivity contribution in [2.45, 2.75) is 16.9 Å². The third-order valence-electron chi connectivity index (χ3n) is 2.47. The number of hydrogen-bond donors (Lipinski definition) is 1. The van der Waals surface area contributed by atoms with E-state index in [0.29, 0.717) is 10.9 Å². The number of halogens is 4. The van der Waals surface area contributed by atoms with E-state index in [1.54, 1.807) is 0 Å². The molecule has 10 heteroatoms. The van der Waals surface area contributed by atoms with Crippen LogP contribution in [0.3, 0.4) is 0 Å². The quantitative estimate of drug-likeness (QED) is 0.869. The number of benzene rings is 1. The van der Waals surface area contributed by atoms with Crippen LogP contribution in [0.1, 0.15) is 4.88 Å². The number of sulfone groups is 1. The van der Waals surface area contributed by atoms with Gasteiger partial charge < -0.3 is 5.32 Å². The zero-order chi connectivity index (χ0) is 15.7. The van der Waals surface area contributed by atoms with Gasteiger partial charge in [-0.25, -0.2) is 12.8 Å². The first-order valence-corrected chi connectivity index (χ1v) is 7.80. The molecule has 1 heterocycles. The van der Waals surface area contributed by atoms with Crippen LogP contribution in [0.2, 0.25) is 0 Å². The van der Waals surface area contributed by atoms with Crippen molar-refractivity contribution in [2.75, 3.05) is 5.32 Å². The normalized spacial score (nSPS) is 12.4. The molecule has 2 rings (SSSR count). The number of hydrogen-bond acceptors (Lipinski definition) is 5. The van der Waals surface area contributed by atoms with Crippen molar-refractivity contribution in [2.24, 2.45) is 0 Å². The van der Waals surface area contributed by atoms with Crippen molar-refractivity contribution in [3.05, 3.63) is 40.6 Å². The van der Waals surface area contributed by atoms with Crippen LogP contribution in [0.4, 0.5) is 23.2 Å². The molecule has 1 aromatic carbocycles. The maximum absolute atomic E-state index is 13.1. The predicted molar refractivity (Wildman–Crippen MR) is 69.1 cm³/mol. The summed E-state index contributed by atoms with van der Waals surface area (Å²) in [5.41, 5.74) is -4.29. The van der Waals surface area contributed by atoms with Crippen molar-refractivity contribution in [3.8, 4) is 0 Å². The van der Waals surface area contributed by atoms with Crippen molar-refractivity contribution >= 4 is 26.9 Å². The molecule has 4 nitrogen and oxygen atoms in total. The van der Waals surface area contributed by atoms with Gasteiger partial charge in [0.05, 0.1) is 17.7 Å². The van der Waals surface area contributed by atoms with Gasteiger partial charge in [-0.2, -0.15) is 13.2 Å². The Hall–Kier alpha value is -1.68. The number of anilines is 1. The van der Waals surface area contributed by atoms with Crippen LogP contribution in [-0.4, -0.2) is 18.9 Å². The van der Waals surface area contributed by atoms with Gasteiger partial charge in [-0.15, -0.1) is 11.3 Å². The van der Waals surface area contributed by atoms with E-state index in [4.69, 9.17) is 0 Å². The summed E-state index contributed by atoms with van der Waals surface area (Å²) >= 11 is 1.24. The lowest BCUT2D eigenvalue weighted by molar-refractivity contribution is -0.0435. The summed E-state index contributed by atoms with van der Waals surface area (Å²) in [6.07, 6.45) is 1.49. The van der Waals surface area contributed by atoms with Crippen molar-refractivity contribution in [1.82, 2.24) is 4.98 Å². The molecule has 0 fully saturated rings. The van der Waals surface area contributed by atoms with Gasteiger partial charge in [-0.3, -0.25) is 4.98 Å². The highest BCUT2D eigenvalue weighted by Gasteiger charge is 2.48. The Morgan fingerprint density at radius 3 is 2.57 bits per heavy atom. The van der Waals surface area contributed by atoms with Crippen LogP contribution < -0.4 is 5.32 Å². The Bertz CT molecular complexity index is 727. The fourth-order valence-corrected chi connectivity index (χ4v) is 2.98. The lowest BCUT2D eigenvalue weighted by Crippen LogP contribution is -2.24. The number of nitrogens with one attached hydrogen (secondary N) is 1. The fraction of sp³-hybridized carbons (Fsp3) is 0.182. The summed E-state index contributed by atoms with van der Waals surface area (Å²) in [5, 5.41) is 2.55. The molecule has 1 N–H and O–H groups in total. The second-order valence-corrected chi connectivity index (χ2v) is 6.79. The molecule has 0 unspecified atom stereocenters. The molecule has 0 aliphatic heterocycles. The zero-order valence-electron chi connectivity index (χ0n) is 10.2. The summed E-state index contributed by atoms with van der Waals surface area (Å²) in [6, 6.07) is 2.18. The number of nitrogens with zero attached hydrogens (tertiary/aromatic N) is 1. The van der Waals surface area contributed by atoms with Crippen molar-refractivity contribution < 1.29 is 26.0 Å². The highest BCUT2D eigenvalue weighted by Crippen LogP contribution is 2.35. The minimum Gasteiger partial charge on any atom is -0.379 e. The first-order chi connectivity index (χ1) is 9.72. The molecule has 0 saturated heterocycles. The largest absolute Gasteiger partial charge is 0.501 e. The van der Waals surface area contributed by atoms with Gasteiger partial charge in [0.1, 0.15) is 10.7 Å². The first kappa shape index (κ1) is 15.7. The summed E-state index contributed by atoms with van der Waals surface area (Å²) in [6.45, 7) is 0.0800. The molecule has 0 radical (unpaired) electrons. The molecule has 2 aromatic rings. The van der Waals surface area contributed by atoms with Crippen LogP contribution in [0, 0.1) is 5.82 Å². The topological polar surface area (TPSA) is 59.1 Å². The molecular formula is C11H8F4N2O2S2. The standard InChI is InChI=1S/C11H8F4N2O2S2/c12-7-1-2-9(17-5-8-4-16-6-20-8)10(3-7)21(18,19)11(13,14)15/h1-4,6,17H,5H2. The van der Waals surface area contributed by atoms with Gasteiger partial charge in [0, 0.05) is 11.1 Å². The van der Waals surface area contributed by atoms with Gasteiger partial charge in [-0.05, 0) is 18.2 Å². The maximum Gasteiger partial charge on any atom is 0.501 e. The predicted octanol–water partition coefficient (Wildman–Crippen LogP) is 3.19. The Labute approximate surface area is 121 Å². The average Bonchev–Trinajstić information content (AvgIpc) is 2.89. The highest BCUT2D eigenvalue weighted by molar-refractivity contribution is 7.92. The molecule has 0 amide bonds. The molecule has 0 aliphatic carbocycles.